The first-order valence-corrected chi connectivity index (χ1v) is 10.1. The second-order valence-electron chi connectivity index (χ2n) is 6.54. The number of nitrogens with zero attached hydrogens (tertiary/aromatic N) is 2. The van der Waals surface area contributed by atoms with Gasteiger partial charge in [-0.15, -0.1) is 0 Å². The SMILES string of the molecule is Cc1cccc(NC(=O)C2=NN([C@H]3CCS(=O)(=O)C3)C(=O)CC2)c1C. The maximum atomic E-state index is 12.5. The van der Waals surface area contributed by atoms with Crippen LogP contribution in [0.4, 0.5) is 5.69 Å². The number of carbonyl (C=O) groups is 2. The Kier molecular flexibility index (Phi) is 4.64. The Balaban J connectivity index is 1.79. The van der Waals surface area contributed by atoms with Gasteiger partial charge in [0.2, 0.25) is 5.91 Å². The van der Waals surface area contributed by atoms with Crippen LogP contribution >= 0.6 is 0 Å². The summed E-state index contributed by atoms with van der Waals surface area (Å²) < 4.78 is 23.3. The molecule has 3 rings (SSSR count). The molecule has 1 atom stereocenters. The highest BCUT2D eigenvalue weighted by molar-refractivity contribution is 7.91. The minimum absolute atomic E-state index is 0.0565. The molecule has 0 unspecified atom stereocenters. The van der Waals surface area contributed by atoms with Crippen LogP contribution < -0.4 is 5.32 Å². The number of anilines is 1. The fourth-order valence-corrected chi connectivity index (χ4v) is 4.76. The summed E-state index contributed by atoms with van der Waals surface area (Å²) in [7, 11) is -3.13. The van der Waals surface area contributed by atoms with Crippen molar-refractivity contribution in [2.45, 2.75) is 39.2 Å². The fraction of sp³-hybridized carbons (Fsp3) is 0.471. The van der Waals surface area contributed by atoms with Crippen molar-refractivity contribution in [2.24, 2.45) is 5.10 Å². The Morgan fingerprint density at radius 3 is 2.72 bits per heavy atom. The third-order valence-electron chi connectivity index (χ3n) is 4.73. The highest BCUT2D eigenvalue weighted by Gasteiger charge is 2.37. The van der Waals surface area contributed by atoms with E-state index in [1.807, 2.05) is 32.0 Å². The lowest BCUT2D eigenvalue weighted by molar-refractivity contribution is -0.133. The zero-order valence-electron chi connectivity index (χ0n) is 14.3. The number of nitrogens with one attached hydrogen (secondary N) is 1. The third-order valence-corrected chi connectivity index (χ3v) is 6.48. The molecule has 1 aromatic carbocycles. The quantitative estimate of drug-likeness (QED) is 0.878. The van der Waals surface area contributed by atoms with Crippen LogP contribution in [0.2, 0.25) is 0 Å². The summed E-state index contributed by atoms with van der Waals surface area (Å²) >= 11 is 0. The van der Waals surface area contributed by atoms with E-state index in [1.165, 1.54) is 5.01 Å². The van der Waals surface area contributed by atoms with Crippen molar-refractivity contribution in [1.82, 2.24) is 5.01 Å². The van der Waals surface area contributed by atoms with E-state index >= 15 is 0 Å². The average Bonchev–Trinajstić information content (AvgIpc) is 2.92. The lowest BCUT2D eigenvalue weighted by atomic mass is 10.1. The maximum Gasteiger partial charge on any atom is 0.271 e. The van der Waals surface area contributed by atoms with Gasteiger partial charge >= 0.3 is 0 Å². The second kappa shape index (κ2) is 6.59. The number of amides is 2. The van der Waals surface area contributed by atoms with Gasteiger partial charge in [0.1, 0.15) is 5.71 Å². The van der Waals surface area contributed by atoms with Crippen LogP contribution in [-0.2, 0) is 19.4 Å². The van der Waals surface area contributed by atoms with Gasteiger partial charge < -0.3 is 5.32 Å². The van der Waals surface area contributed by atoms with E-state index in [4.69, 9.17) is 0 Å². The zero-order chi connectivity index (χ0) is 18.2. The van der Waals surface area contributed by atoms with E-state index in [-0.39, 0.29) is 41.9 Å². The molecule has 25 heavy (non-hydrogen) atoms. The van der Waals surface area contributed by atoms with Crippen LogP contribution in [-0.4, -0.2) is 48.5 Å². The molecule has 134 valence electrons. The Morgan fingerprint density at radius 2 is 2.04 bits per heavy atom. The molecule has 0 spiro atoms. The molecule has 1 aromatic rings. The molecule has 1 saturated heterocycles. The van der Waals surface area contributed by atoms with E-state index in [1.54, 1.807) is 0 Å². The van der Waals surface area contributed by atoms with Gasteiger partial charge in [0.25, 0.3) is 5.91 Å². The topological polar surface area (TPSA) is 95.9 Å². The Labute approximate surface area is 147 Å². The molecule has 1 fully saturated rings. The summed E-state index contributed by atoms with van der Waals surface area (Å²) in [6, 6.07) is 5.17. The molecule has 0 radical (unpaired) electrons. The molecule has 2 aliphatic rings. The number of rotatable bonds is 3. The van der Waals surface area contributed by atoms with Crippen LogP contribution in [0.5, 0.6) is 0 Å². The largest absolute Gasteiger partial charge is 0.321 e. The van der Waals surface area contributed by atoms with Crippen molar-refractivity contribution < 1.29 is 18.0 Å². The number of carbonyl (C=O) groups excluding carboxylic acids is 2. The number of aryl methyl sites for hydroxylation is 1. The third kappa shape index (κ3) is 3.73. The smallest absolute Gasteiger partial charge is 0.271 e. The predicted molar refractivity (Wildman–Crippen MR) is 95.1 cm³/mol. The van der Waals surface area contributed by atoms with Crippen LogP contribution in [0.15, 0.2) is 23.3 Å². The van der Waals surface area contributed by atoms with Crippen molar-refractivity contribution in [3.63, 3.8) is 0 Å². The normalized spacial score (nSPS) is 22.6. The molecular formula is C17H21N3O4S. The van der Waals surface area contributed by atoms with E-state index in [0.29, 0.717) is 12.1 Å². The lowest BCUT2D eigenvalue weighted by Crippen LogP contribution is -2.42. The first kappa shape index (κ1) is 17.6. The molecule has 1 N–H and O–H groups in total. The molecule has 0 bridgehead atoms. The summed E-state index contributed by atoms with van der Waals surface area (Å²) in [6.07, 6.45) is 0.782. The van der Waals surface area contributed by atoms with E-state index < -0.39 is 15.9 Å². The van der Waals surface area contributed by atoms with Gasteiger partial charge in [0.05, 0.1) is 17.5 Å². The summed E-state index contributed by atoms with van der Waals surface area (Å²) in [4.78, 5) is 24.6. The second-order valence-corrected chi connectivity index (χ2v) is 8.77. The standard InChI is InChI=1S/C17H21N3O4S/c1-11-4-3-5-14(12(11)2)18-17(22)15-6-7-16(21)20(19-15)13-8-9-25(23,24)10-13/h3-5,13H,6-10H2,1-2H3,(H,18,22)/t13-/m0/s1. The molecular weight excluding hydrogens is 342 g/mol. The number of sulfone groups is 1. The van der Waals surface area contributed by atoms with Gasteiger partial charge in [-0.25, -0.2) is 13.4 Å². The number of hydrogen-bond acceptors (Lipinski definition) is 5. The molecule has 2 amide bonds. The monoisotopic (exact) mass is 363 g/mol. The van der Waals surface area contributed by atoms with Gasteiger partial charge in [-0.3, -0.25) is 9.59 Å². The predicted octanol–water partition coefficient (Wildman–Crippen LogP) is 1.41. The number of hydrazone groups is 1. The van der Waals surface area contributed by atoms with Crippen molar-refractivity contribution in [3.05, 3.63) is 29.3 Å². The van der Waals surface area contributed by atoms with Gasteiger partial charge in [-0.05, 0) is 37.5 Å². The average molecular weight is 363 g/mol. The molecule has 2 aliphatic heterocycles. The maximum absolute atomic E-state index is 12.5. The van der Waals surface area contributed by atoms with E-state index in [9.17, 15) is 18.0 Å². The molecule has 0 saturated carbocycles. The summed E-state index contributed by atoms with van der Waals surface area (Å²) in [6.45, 7) is 3.89. The van der Waals surface area contributed by atoms with Crippen LogP contribution in [0.1, 0.15) is 30.4 Å². The van der Waals surface area contributed by atoms with Gasteiger partial charge in [-0.2, -0.15) is 5.10 Å². The first-order chi connectivity index (χ1) is 11.8. The lowest BCUT2D eigenvalue weighted by Gasteiger charge is -2.27. The molecule has 7 nitrogen and oxygen atoms in total. The Morgan fingerprint density at radius 1 is 1.28 bits per heavy atom. The summed E-state index contributed by atoms with van der Waals surface area (Å²) in [5, 5.41) is 8.22. The van der Waals surface area contributed by atoms with Crippen molar-refractivity contribution in [3.8, 4) is 0 Å². The first-order valence-electron chi connectivity index (χ1n) is 8.24. The van der Waals surface area contributed by atoms with Crippen LogP contribution in [0, 0.1) is 13.8 Å². The number of benzene rings is 1. The van der Waals surface area contributed by atoms with Gasteiger partial charge in [0, 0.05) is 18.5 Å². The van der Waals surface area contributed by atoms with Gasteiger partial charge in [0.15, 0.2) is 9.84 Å². The molecule has 0 aliphatic carbocycles. The van der Waals surface area contributed by atoms with Crippen molar-refractivity contribution in [1.29, 1.82) is 0 Å². The van der Waals surface area contributed by atoms with Crippen molar-refractivity contribution in [2.75, 3.05) is 16.8 Å². The minimum Gasteiger partial charge on any atom is -0.321 e. The van der Waals surface area contributed by atoms with Crippen LogP contribution in [0.3, 0.4) is 0 Å². The Hall–Kier alpha value is -2.22. The molecule has 8 heteroatoms. The van der Waals surface area contributed by atoms with E-state index in [0.717, 1.165) is 11.1 Å². The molecule has 0 aromatic heterocycles. The summed E-state index contributed by atoms with van der Waals surface area (Å²) in [5.41, 5.74) is 3.00. The molecule has 2 heterocycles. The fourth-order valence-electron chi connectivity index (χ4n) is 3.07. The number of hydrogen-bond donors (Lipinski definition) is 1. The van der Waals surface area contributed by atoms with Crippen molar-refractivity contribution >= 4 is 33.1 Å². The highest BCUT2D eigenvalue weighted by Crippen LogP contribution is 2.23. The zero-order valence-corrected chi connectivity index (χ0v) is 15.1. The summed E-state index contributed by atoms with van der Waals surface area (Å²) in [5.74, 6) is -0.618. The van der Waals surface area contributed by atoms with E-state index in [2.05, 4.69) is 10.4 Å². The van der Waals surface area contributed by atoms with Gasteiger partial charge in [-0.1, -0.05) is 12.1 Å². The minimum atomic E-state index is -3.13. The Bertz CT molecular complexity index is 861. The highest BCUT2D eigenvalue weighted by atomic mass is 32.2. The van der Waals surface area contributed by atoms with Crippen LogP contribution in [0.25, 0.3) is 0 Å².